The Balaban J connectivity index is 1.93. The van der Waals surface area contributed by atoms with Crippen LogP contribution in [-0.4, -0.2) is 18.9 Å². The molecule has 1 aliphatic heterocycles. The van der Waals surface area contributed by atoms with Crippen LogP contribution in [0, 0.1) is 0 Å². The van der Waals surface area contributed by atoms with Crippen molar-refractivity contribution in [1.82, 2.24) is 5.32 Å². The fourth-order valence-corrected chi connectivity index (χ4v) is 2.69. The minimum Gasteiger partial charge on any atom is -0.370 e. The van der Waals surface area contributed by atoms with Crippen LogP contribution < -0.4 is 11.1 Å². The number of nitrogens with two attached hydrogens (primary N) is 1. The van der Waals surface area contributed by atoms with E-state index >= 15 is 0 Å². The molecule has 3 rings (SSSR count). The molecule has 1 heterocycles. The van der Waals surface area contributed by atoms with E-state index in [1.165, 1.54) is 18.4 Å². The summed E-state index contributed by atoms with van der Waals surface area (Å²) in [5, 5.41) is 4.05. The monoisotopic (exact) mass is 249 g/mol. The Morgan fingerprint density at radius 3 is 2.88 bits per heavy atom. The molecule has 1 atom stereocenters. The van der Waals surface area contributed by atoms with E-state index in [-0.39, 0.29) is 6.04 Å². The number of hydrogen-bond donors (Lipinski definition) is 2. The second-order valence-corrected chi connectivity index (χ2v) is 5.07. The van der Waals surface area contributed by atoms with Crippen molar-refractivity contribution in [1.29, 1.82) is 0 Å². The van der Waals surface area contributed by atoms with Crippen LogP contribution in [0.2, 0.25) is 5.02 Å². The lowest BCUT2D eigenvalue weighted by Gasteiger charge is -2.16. The van der Waals surface area contributed by atoms with Crippen molar-refractivity contribution in [2.45, 2.75) is 24.8 Å². The number of halogens is 1. The van der Waals surface area contributed by atoms with Gasteiger partial charge in [-0.2, -0.15) is 0 Å². The van der Waals surface area contributed by atoms with Crippen molar-refractivity contribution >= 4 is 17.4 Å². The van der Waals surface area contributed by atoms with Gasteiger partial charge in [0.2, 0.25) is 0 Å². The molecule has 3 N–H and O–H groups in total. The topological polar surface area (TPSA) is 50.4 Å². The van der Waals surface area contributed by atoms with Gasteiger partial charge < -0.3 is 11.1 Å². The van der Waals surface area contributed by atoms with E-state index in [9.17, 15) is 0 Å². The molecule has 0 aromatic heterocycles. The first-order valence-electron chi connectivity index (χ1n) is 6.09. The molecule has 4 heteroatoms. The zero-order valence-corrected chi connectivity index (χ0v) is 10.4. The third kappa shape index (κ3) is 2.05. The number of hydrogen-bond acceptors (Lipinski definition) is 3. The molecule has 17 heavy (non-hydrogen) atoms. The highest BCUT2D eigenvalue weighted by atomic mass is 35.5. The average Bonchev–Trinajstić information content (AvgIpc) is 3.03. The summed E-state index contributed by atoms with van der Waals surface area (Å²) < 4.78 is 0. The molecular formula is C13H16ClN3. The van der Waals surface area contributed by atoms with E-state index in [1.54, 1.807) is 0 Å². The van der Waals surface area contributed by atoms with Gasteiger partial charge in [0, 0.05) is 11.6 Å². The second-order valence-electron chi connectivity index (χ2n) is 4.70. The first kappa shape index (κ1) is 11.1. The van der Waals surface area contributed by atoms with Crippen LogP contribution in [0.4, 0.5) is 0 Å². The zero-order chi connectivity index (χ0) is 11.8. The van der Waals surface area contributed by atoms with Gasteiger partial charge in [0.05, 0.1) is 12.6 Å². The molecule has 1 aliphatic carbocycles. The molecule has 0 bridgehead atoms. The fraction of sp³-hybridized carbons (Fsp3) is 0.462. The van der Waals surface area contributed by atoms with Crippen molar-refractivity contribution < 1.29 is 0 Å². The number of aliphatic imine (C=N–C) groups is 1. The average molecular weight is 250 g/mol. The third-order valence-electron chi connectivity index (χ3n) is 3.41. The molecule has 1 saturated carbocycles. The van der Waals surface area contributed by atoms with Crippen LogP contribution in [0.25, 0.3) is 0 Å². The Morgan fingerprint density at radius 1 is 1.41 bits per heavy atom. The summed E-state index contributed by atoms with van der Waals surface area (Å²) >= 11 is 6.45. The van der Waals surface area contributed by atoms with E-state index in [2.05, 4.69) is 16.4 Å². The molecule has 2 aliphatic rings. The molecule has 0 spiro atoms. The number of benzene rings is 1. The summed E-state index contributed by atoms with van der Waals surface area (Å²) in [5.74, 6) is 1.51. The van der Waals surface area contributed by atoms with Crippen LogP contribution in [0.1, 0.15) is 35.9 Å². The van der Waals surface area contributed by atoms with Crippen LogP contribution >= 0.6 is 11.6 Å². The summed E-state index contributed by atoms with van der Waals surface area (Å²) in [6, 6.07) is 5.94. The lowest BCUT2D eigenvalue weighted by Crippen LogP contribution is -2.31. The van der Waals surface area contributed by atoms with Crippen LogP contribution in [-0.2, 0) is 0 Å². The summed E-state index contributed by atoms with van der Waals surface area (Å²) in [4.78, 5) is 4.37. The summed E-state index contributed by atoms with van der Waals surface area (Å²) in [7, 11) is 0. The van der Waals surface area contributed by atoms with E-state index in [1.807, 2.05) is 12.1 Å². The van der Waals surface area contributed by atoms with Gasteiger partial charge in [-0.3, -0.25) is 4.99 Å². The third-order valence-corrected chi connectivity index (χ3v) is 3.84. The Labute approximate surface area is 106 Å². The largest absolute Gasteiger partial charge is 0.370 e. The second kappa shape index (κ2) is 4.31. The molecule has 0 saturated heterocycles. The van der Waals surface area contributed by atoms with Gasteiger partial charge in [-0.25, -0.2) is 0 Å². The quantitative estimate of drug-likeness (QED) is 0.863. The molecule has 3 nitrogen and oxygen atoms in total. The minimum absolute atomic E-state index is 0.219. The highest BCUT2D eigenvalue weighted by Crippen LogP contribution is 2.44. The normalized spacial score (nSPS) is 20.9. The Hall–Kier alpha value is -1.06. The molecule has 1 unspecified atom stereocenters. The Kier molecular flexibility index (Phi) is 2.81. The van der Waals surface area contributed by atoms with E-state index < -0.39 is 0 Å². The maximum absolute atomic E-state index is 6.45. The number of nitrogens with one attached hydrogen (secondary N) is 1. The van der Waals surface area contributed by atoms with Crippen LogP contribution in [0.5, 0.6) is 0 Å². The van der Waals surface area contributed by atoms with Gasteiger partial charge in [0.25, 0.3) is 0 Å². The maximum Gasteiger partial charge on any atom is 0.118 e. The highest BCUT2D eigenvalue weighted by molar-refractivity contribution is 6.32. The Bertz CT molecular complexity index is 466. The predicted octanol–water partition coefficient (Wildman–Crippen LogP) is 2.22. The highest BCUT2D eigenvalue weighted by Gasteiger charge is 2.28. The van der Waals surface area contributed by atoms with Gasteiger partial charge in [0.15, 0.2) is 0 Å². The number of amidine groups is 1. The van der Waals surface area contributed by atoms with Gasteiger partial charge in [-0.05, 0) is 29.9 Å². The standard InChI is InChI=1S/C13H16ClN3/c14-11-9(8-4-5-8)2-1-3-10(11)12(15)13-16-6-7-17-13/h1-3,8,12H,4-7,15H2,(H,16,17). The van der Waals surface area contributed by atoms with E-state index in [0.29, 0.717) is 5.92 Å². The number of nitrogens with zero attached hydrogens (tertiary/aromatic N) is 1. The predicted molar refractivity (Wildman–Crippen MR) is 70.7 cm³/mol. The molecular weight excluding hydrogens is 234 g/mol. The van der Waals surface area contributed by atoms with Crippen molar-refractivity contribution in [3.05, 3.63) is 34.3 Å². The Morgan fingerprint density at radius 2 is 2.24 bits per heavy atom. The first-order chi connectivity index (χ1) is 8.27. The van der Waals surface area contributed by atoms with Crippen molar-refractivity contribution in [2.24, 2.45) is 10.7 Å². The lowest BCUT2D eigenvalue weighted by atomic mass is 10.0. The van der Waals surface area contributed by atoms with Crippen LogP contribution in [0.15, 0.2) is 23.2 Å². The molecule has 0 amide bonds. The van der Waals surface area contributed by atoms with Crippen molar-refractivity contribution in [2.75, 3.05) is 13.1 Å². The molecule has 1 aromatic rings. The van der Waals surface area contributed by atoms with E-state index in [0.717, 1.165) is 29.5 Å². The van der Waals surface area contributed by atoms with Crippen molar-refractivity contribution in [3.8, 4) is 0 Å². The molecule has 1 aromatic carbocycles. The molecule has 1 fully saturated rings. The van der Waals surface area contributed by atoms with Gasteiger partial charge >= 0.3 is 0 Å². The lowest BCUT2D eigenvalue weighted by molar-refractivity contribution is 0.890. The first-order valence-corrected chi connectivity index (χ1v) is 6.47. The summed E-state index contributed by atoms with van der Waals surface area (Å²) in [6.07, 6.45) is 2.50. The summed E-state index contributed by atoms with van der Waals surface area (Å²) in [6.45, 7) is 1.69. The molecule has 0 radical (unpaired) electrons. The zero-order valence-electron chi connectivity index (χ0n) is 9.62. The fourth-order valence-electron chi connectivity index (χ4n) is 2.29. The molecule has 90 valence electrons. The summed E-state index contributed by atoms with van der Waals surface area (Å²) in [5.41, 5.74) is 8.45. The smallest absolute Gasteiger partial charge is 0.118 e. The van der Waals surface area contributed by atoms with E-state index in [4.69, 9.17) is 17.3 Å². The van der Waals surface area contributed by atoms with Gasteiger partial charge in [0.1, 0.15) is 5.84 Å². The maximum atomic E-state index is 6.45. The SMILES string of the molecule is NC(C1=NCCN1)c1cccc(C2CC2)c1Cl. The number of rotatable bonds is 3. The minimum atomic E-state index is -0.219. The van der Waals surface area contributed by atoms with Gasteiger partial charge in [-0.15, -0.1) is 0 Å². The van der Waals surface area contributed by atoms with Crippen LogP contribution in [0.3, 0.4) is 0 Å². The van der Waals surface area contributed by atoms with Crippen molar-refractivity contribution in [3.63, 3.8) is 0 Å². The van der Waals surface area contributed by atoms with Gasteiger partial charge in [-0.1, -0.05) is 29.8 Å².